The second-order valence-electron chi connectivity index (χ2n) is 14.3. The van der Waals surface area contributed by atoms with Crippen LogP contribution in [0.4, 0.5) is 0 Å². The van der Waals surface area contributed by atoms with Gasteiger partial charge in [-0.25, -0.2) is 8.42 Å². The van der Waals surface area contributed by atoms with Gasteiger partial charge in [0.1, 0.15) is 16.9 Å². The SMILES string of the molecule is CSC[C@H](NC(=O)CC(CS(=O)(=O)C(C)(C)C(=O)N1CCOCC1)c1ccccc1)C(=O)N[C@@H](CC1CCCCC1)[C@@H](O)[C@@H](O)C1CC1. The first-order valence-corrected chi connectivity index (χ1v) is 20.5. The van der Waals surface area contributed by atoms with Crippen molar-refractivity contribution in [2.75, 3.05) is 44.1 Å². The summed E-state index contributed by atoms with van der Waals surface area (Å²) in [6.07, 6.45) is 7.27. The molecule has 1 aliphatic heterocycles. The Bertz CT molecular complexity index is 1310. The zero-order chi connectivity index (χ0) is 34.9. The van der Waals surface area contributed by atoms with E-state index in [2.05, 4.69) is 10.6 Å². The summed E-state index contributed by atoms with van der Waals surface area (Å²) in [5, 5.41) is 27.7. The second-order valence-corrected chi connectivity index (χ2v) is 17.8. The van der Waals surface area contributed by atoms with Gasteiger partial charge in [-0.1, -0.05) is 62.4 Å². The lowest BCUT2D eigenvalue weighted by Gasteiger charge is -2.34. The molecule has 1 heterocycles. The number of benzene rings is 1. The summed E-state index contributed by atoms with van der Waals surface area (Å²) >= 11 is 1.38. The lowest BCUT2D eigenvalue weighted by atomic mass is 9.82. The number of hydrogen-bond donors (Lipinski definition) is 4. The molecular formula is C35H55N3O8S2. The van der Waals surface area contributed by atoms with E-state index in [9.17, 15) is 33.0 Å². The molecule has 2 aliphatic carbocycles. The molecule has 0 aromatic heterocycles. The van der Waals surface area contributed by atoms with Crippen molar-refractivity contribution >= 4 is 39.3 Å². The van der Waals surface area contributed by atoms with Gasteiger partial charge in [0, 0.05) is 31.2 Å². The van der Waals surface area contributed by atoms with Crippen LogP contribution in [0.2, 0.25) is 0 Å². The van der Waals surface area contributed by atoms with Crippen molar-refractivity contribution in [1.82, 2.24) is 15.5 Å². The van der Waals surface area contributed by atoms with Crippen LogP contribution < -0.4 is 10.6 Å². The molecule has 3 aliphatic rings. The standard InChI is InChI=1S/C35H55N3O8S2/c1-35(2,34(43)38-16-18-46-19-17-38)48(44,45)23-27(25-12-8-5-9-13-25)21-30(39)36-29(22-47-3)33(42)37-28(20-24-10-6-4-7-11-24)32(41)31(40)26-14-15-26/h5,8-9,12-13,24,26-29,31-32,40-41H,4,6-7,10-11,14-23H2,1-3H3,(H,36,39)(H,37,42)/t27?,28-,29-,31-,32+/m0/s1. The maximum atomic E-state index is 13.9. The Labute approximate surface area is 290 Å². The fourth-order valence-electron chi connectivity index (χ4n) is 6.88. The van der Waals surface area contributed by atoms with Crippen LogP contribution in [0.5, 0.6) is 0 Å². The normalized spacial score (nSPS) is 21.1. The zero-order valence-corrected chi connectivity index (χ0v) is 30.3. The van der Waals surface area contributed by atoms with E-state index in [1.165, 1.54) is 36.9 Å². The Morgan fingerprint density at radius 1 is 1.00 bits per heavy atom. The van der Waals surface area contributed by atoms with Gasteiger partial charge < -0.3 is 30.5 Å². The highest BCUT2D eigenvalue weighted by molar-refractivity contribution is 7.98. The third-order valence-corrected chi connectivity index (χ3v) is 13.4. The van der Waals surface area contributed by atoms with Gasteiger partial charge in [-0.15, -0.1) is 0 Å². The van der Waals surface area contributed by atoms with E-state index in [-0.39, 0.29) is 18.1 Å². The molecule has 3 fully saturated rings. The number of rotatable bonds is 17. The lowest BCUT2D eigenvalue weighted by molar-refractivity contribution is -0.137. The van der Waals surface area contributed by atoms with Crippen LogP contribution in [-0.2, 0) is 29.0 Å². The fraction of sp³-hybridized carbons (Fsp3) is 0.743. The minimum absolute atomic E-state index is 0.0350. The molecule has 4 N–H and O–H groups in total. The highest BCUT2D eigenvalue weighted by Crippen LogP contribution is 2.36. The molecule has 13 heteroatoms. The summed E-state index contributed by atoms with van der Waals surface area (Å²) in [5.74, 6) is -1.98. The van der Waals surface area contributed by atoms with Gasteiger partial charge in [0.05, 0.1) is 31.1 Å². The molecule has 3 amide bonds. The monoisotopic (exact) mass is 709 g/mol. The summed E-state index contributed by atoms with van der Waals surface area (Å²) in [6.45, 7) is 4.17. The predicted molar refractivity (Wildman–Crippen MR) is 187 cm³/mol. The number of carbonyl (C=O) groups is 3. The molecule has 0 radical (unpaired) electrons. The molecule has 4 rings (SSSR count). The third kappa shape index (κ3) is 10.4. The second kappa shape index (κ2) is 17.6. The number of thioether (sulfide) groups is 1. The topological polar surface area (TPSA) is 162 Å². The van der Waals surface area contributed by atoms with Crippen LogP contribution >= 0.6 is 11.8 Å². The van der Waals surface area contributed by atoms with Gasteiger partial charge in [0.25, 0.3) is 0 Å². The van der Waals surface area contributed by atoms with Gasteiger partial charge in [0.15, 0.2) is 9.84 Å². The van der Waals surface area contributed by atoms with Crippen molar-refractivity contribution in [3.8, 4) is 0 Å². The summed E-state index contributed by atoms with van der Waals surface area (Å²) in [4.78, 5) is 42.2. The van der Waals surface area contributed by atoms with Crippen molar-refractivity contribution in [2.45, 2.75) is 107 Å². The number of aliphatic hydroxyl groups excluding tert-OH is 2. The van der Waals surface area contributed by atoms with Gasteiger partial charge >= 0.3 is 0 Å². The Morgan fingerprint density at radius 3 is 2.25 bits per heavy atom. The van der Waals surface area contributed by atoms with Crippen molar-refractivity contribution in [2.24, 2.45) is 11.8 Å². The largest absolute Gasteiger partial charge is 0.390 e. The fourth-order valence-corrected chi connectivity index (χ4v) is 9.10. The van der Waals surface area contributed by atoms with E-state index in [0.29, 0.717) is 44.2 Å². The molecule has 270 valence electrons. The number of sulfone groups is 1. The van der Waals surface area contributed by atoms with Gasteiger partial charge in [-0.2, -0.15) is 11.8 Å². The maximum absolute atomic E-state index is 13.9. The highest BCUT2D eigenvalue weighted by atomic mass is 32.2. The van der Waals surface area contributed by atoms with Crippen molar-refractivity contribution in [1.29, 1.82) is 0 Å². The molecule has 0 spiro atoms. The number of aliphatic hydroxyl groups is 2. The van der Waals surface area contributed by atoms with Gasteiger partial charge in [-0.3, -0.25) is 14.4 Å². The van der Waals surface area contributed by atoms with Gasteiger partial charge in [-0.05, 0) is 56.8 Å². The smallest absolute Gasteiger partial charge is 0.243 e. The molecule has 0 bridgehead atoms. The number of amides is 3. The van der Waals surface area contributed by atoms with Crippen LogP contribution in [0.1, 0.15) is 83.1 Å². The first-order chi connectivity index (χ1) is 22.8. The number of carbonyl (C=O) groups excluding carboxylic acids is 3. The molecule has 5 atom stereocenters. The molecule has 2 saturated carbocycles. The van der Waals surface area contributed by atoms with E-state index >= 15 is 0 Å². The number of ether oxygens (including phenoxy) is 1. The number of morpholine rings is 1. The van der Waals surface area contributed by atoms with Crippen LogP contribution in [0.25, 0.3) is 0 Å². The lowest BCUT2D eigenvalue weighted by Crippen LogP contribution is -2.56. The molecular weight excluding hydrogens is 655 g/mol. The van der Waals surface area contributed by atoms with Crippen LogP contribution in [0, 0.1) is 11.8 Å². The summed E-state index contributed by atoms with van der Waals surface area (Å²) < 4.78 is 31.4. The summed E-state index contributed by atoms with van der Waals surface area (Å²) in [7, 11) is -4.05. The van der Waals surface area contributed by atoms with E-state index in [1.807, 2.05) is 6.26 Å². The van der Waals surface area contributed by atoms with Crippen molar-refractivity contribution < 1.29 is 37.8 Å². The van der Waals surface area contributed by atoms with Gasteiger partial charge in [0.2, 0.25) is 17.7 Å². The van der Waals surface area contributed by atoms with Crippen LogP contribution in [-0.4, -0.2) is 114 Å². The zero-order valence-electron chi connectivity index (χ0n) is 28.6. The molecule has 48 heavy (non-hydrogen) atoms. The minimum Gasteiger partial charge on any atom is -0.390 e. The van der Waals surface area contributed by atoms with E-state index in [4.69, 9.17) is 4.74 Å². The Morgan fingerprint density at radius 2 is 1.65 bits per heavy atom. The van der Waals surface area contributed by atoms with E-state index in [0.717, 1.165) is 38.5 Å². The minimum atomic E-state index is -4.05. The number of nitrogens with zero attached hydrogens (tertiary/aromatic N) is 1. The molecule has 11 nitrogen and oxygen atoms in total. The highest BCUT2D eigenvalue weighted by Gasteiger charge is 2.46. The predicted octanol–water partition coefficient (Wildman–Crippen LogP) is 2.65. The summed E-state index contributed by atoms with van der Waals surface area (Å²) in [6, 6.07) is 7.30. The van der Waals surface area contributed by atoms with Crippen LogP contribution in [0.15, 0.2) is 30.3 Å². The Balaban J connectivity index is 1.47. The number of nitrogens with one attached hydrogen (secondary N) is 2. The average molecular weight is 710 g/mol. The van der Waals surface area contributed by atoms with Crippen LogP contribution in [0.3, 0.4) is 0 Å². The van der Waals surface area contributed by atoms with Crippen molar-refractivity contribution in [3.63, 3.8) is 0 Å². The quantitative estimate of drug-likeness (QED) is 0.191. The summed E-state index contributed by atoms with van der Waals surface area (Å²) in [5.41, 5.74) is 0.640. The van der Waals surface area contributed by atoms with Crippen molar-refractivity contribution in [3.05, 3.63) is 35.9 Å². The molecule has 1 saturated heterocycles. The molecule has 1 aromatic rings. The third-order valence-electron chi connectivity index (χ3n) is 10.2. The molecule has 1 aromatic carbocycles. The van der Waals surface area contributed by atoms with E-state index in [1.54, 1.807) is 30.3 Å². The first-order valence-electron chi connectivity index (χ1n) is 17.4. The Kier molecular flexibility index (Phi) is 14.2. The average Bonchev–Trinajstić information content (AvgIpc) is 3.93. The number of hydrogen-bond acceptors (Lipinski definition) is 9. The Hall–Kier alpha value is -2.19. The first kappa shape index (κ1) is 38.6. The maximum Gasteiger partial charge on any atom is 0.243 e. The van der Waals surface area contributed by atoms with E-state index < -0.39 is 68.3 Å². The molecule has 1 unspecified atom stereocenters.